The van der Waals surface area contributed by atoms with E-state index in [4.69, 9.17) is 8.94 Å². The molecule has 4 N–H and O–H groups in total. The number of carbonyl (C=O) groups excluding carboxylic acids is 2. The lowest BCUT2D eigenvalue weighted by molar-refractivity contribution is 0.101. The SMILES string of the molecule is CC(C)(C)c1cc(NC(=O)Nc2ccc3oc(C(=O)c4cc5c(CN6CCN(c7ncccn7)CC6)c(O)ccc5[nH]4)cc3c2)no1. The molecule has 47 heavy (non-hydrogen) atoms. The Morgan fingerprint density at radius 1 is 0.979 bits per heavy atom. The molecule has 0 atom stereocenters. The number of aromatic hydroxyl groups is 1. The number of urea groups is 1. The second kappa shape index (κ2) is 11.9. The molecule has 0 spiro atoms. The van der Waals surface area contributed by atoms with Gasteiger partial charge in [0.2, 0.25) is 11.7 Å². The maximum atomic E-state index is 13.6. The summed E-state index contributed by atoms with van der Waals surface area (Å²) in [5.74, 6) is 1.67. The molecule has 0 radical (unpaired) electrons. The topological polar surface area (TPSA) is 166 Å². The predicted octanol–water partition coefficient (Wildman–Crippen LogP) is 5.89. The molecule has 0 saturated carbocycles. The number of aromatic nitrogens is 4. The van der Waals surface area contributed by atoms with Crippen molar-refractivity contribution in [2.75, 3.05) is 41.7 Å². The molecule has 7 rings (SSSR count). The van der Waals surface area contributed by atoms with Gasteiger partial charge in [0.1, 0.15) is 17.1 Å². The maximum Gasteiger partial charge on any atom is 0.324 e. The van der Waals surface area contributed by atoms with E-state index >= 15 is 0 Å². The summed E-state index contributed by atoms with van der Waals surface area (Å²) in [6, 6.07) is 14.9. The van der Waals surface area contributed by atoms with Gasteiger partial charge in [-0.1, -0.05) is 25.9 Å². The van der Waals surface area contributed by atoms with Gasteiger partial charge < -0.3 is 29.2 Å². The van der Waals surface area contributed by atoms with E-state index in [1.165, 1.54) is 0 Å². The second-order valence-electron chi connectivity index (χ2n) is 12.6. The van der Waals surface area contributed by atoms with Crippen LogP contribution in [0.5, 0.6) is 5.75 Å². The van der Waals surface area contributed by atoms with Crippen LogP contribution in [0.25, 0.3) is 21.9 Å². The van der Waals surface area contributed by atoms with Crippen LogP contribution in [0.3, 0.4) is 0 Å². The van der Waals surface area contributed by atoms with Crippen LogP contribution in [0.2, 0.25) is 0 Å². The molecular weight excluding hydrogens is 600 g/mol. The highest BCUT2D eigenvalue weighted by atomic mass is 16.5. The van der Waals surface area contributed by atoms with Gasteiger partial charge in [-0.05, 0) is 48.5 Å². The third-order valence-electron chi connectivity index (χ3n) is 8.21. The first-order valence-corrected chi connectivity index (χ1v) is 15.3. The molecule has 0 unspecified atom stereocenters. The highest BCUT2D eigenvalue weighted by Crippen LogP contribution is 2.32. The van der Waals surface area contributed by atoms with Crippen LogP contribution in [-0.2, 0) is 12.0 Å². The zero-order valence-corrected chi connectivity index (χ0v) is 26.2. The summed E-state index contributed by atoms with van der Waals surface area (Å²) in [4.78, 5) is 42.5. The van der Waals surface area contributed by atoms with Gasteiger partial charge in [0.15, 0.2) is 11.6 Å². The summed E-state index contributed by atoms with van der Waals surface area (Å²) in [5.41, 5.74) is 2.61. The minimum Gasteiger partial charge on any atom is -0.508 e. The summed E-state index contributed by atoms with van der Waals surface area (Å²) in [5, 5.41) is 21.6. The number of phenolic OH excluding ortho intramolecular Hbond substituents is 1. The molecule has 4 aromatic heterocycles. The van der Waals surface area contributed by atoms with Crippen LogP contribution in [0.4, 0.5) is 22.2 Å². The number of nitrogens with one attached hydrogen (secondary N) is 3. The summed E-state index contributed by atoms with van der Waals surface area (Å²) in [6.07, 6.45) is 3.48. The Bertz CT molecular complexity index is 2080. The van der Waals surface area contributed by atoms with Crippen LogP contribution in [0, 0.1) is 0 Å². The number of phenols is 1. The van der Waals surface area contributed by atoms with E-state index < -0.39 is 6.03 Å². The zero-order chi connectivity index (χ0) is 32.7. The molecule has 1 aliphatic heterocycles. The van der Waals surface area contributed by atoms with Gasteiger partial charge in [0, 0.05) is 84.1 Å². The molecule has 1 fully saturated rings. The minimum absolute atomic E-state index is 0.149. The van der Waals surface area contributed by atoms with Gasteiger partial charge in [0.05, 0.1) is 5.69 Å². The Morgan fingerprint density at radius 3 is 2.51 bits per heavy atom. The first kappa shape index (κ1) is 30.0. The van der Waals surface area contributed by atoms with E-state index in [1.54, 1.807) is 67.0 Å². The zero-order valence-electron chi connectivity index (χ0n) is 26.2. The molecule has 13 heteroatoms. The molecule has 2 aromatic carbocycles. The van der Waals surface area contributed by atoms with Crippen molar-refractivity contribution in [2.24, 2.45) is 0 Å². The van der Waals surface area contributed by atoms with Crippen molar-refractivity contribution in [1.82, 2.24) is 25.0 Å². The van der Waals surface area contributed by atoms with Crippen molar-refractivity contribution in [3.63, 3.8) is 0 Å². The first-order chi connectivity index (χ1) is 22.6. The lowest BCUT2D eigenvalue weighted by Gasteiger charge is -2.34. The third-order valence-corrected chi connectivity index (χ3v) is 8.21. The Labute approximate surface area is 269 Å². The van der Waals surface area contributed by atoms with E-state index in [2.05, 4.69) is 40.5 Å². The van der Waals surface area contributed by atoms with E-state index in [-0.39, 0.29) is 22.7 Å². The predicted molar refractivity (Wildman–Crippen MR) is 177 cm³/mol. The molecule has 5 heterocycles. The monoisotopic (exact) mass is 634 g/mol. The van der Waals surface area contributed by atoms with E-state index in [0.29, 0.717) is 46.4 Å². The second-order valence-corrected chi connectivity index (χ2v) is 12.6. The van der Waals surface area contributed by atoms with Crippen molar-refractivity contribution in [1.29, 1.82) is 0 Å². The van der Waals surface area contributed by atoms with Gasteiger partial charge in [-0.25, -0.2) is 14.8 Å². The highest BCUT2D eigenvalue weighted by molar-refractivity contribution is 6.10. The Balaban J connectivity index is 1.04. The number of rotatable bonds is 7. The molecule has 0 bridgehead atoms. The normalized spacial score (nSPS) is 14.1. The van der Waals surface area contributed by atoms with Gasteiger partial charge >= 0.3 is 6.03 Å². The number of anilines is 3. The first-order valence-electron chi connectivity index (χ1n) is 15.3. The summed E-state index contributed by atoms with van der Waals surface area (Å²) in [7, 11) is 0. The Hall–Kier alpha value is -5.69. The van der Waals surface area contributed by atoms with Crippen molar-refractivity contribution in [3.05, 3.63) is 89.8 Å². The smallest absolute Gasteiger partial charge is 0.324 e. The number of fused-ring (bicyclic) bond motifs is 2. The minimum atomic E-state index is -0.484. The van der Waals surface area contributed by atoms with Crippen molar-refractivity contribution in [3.8, 4) is 5.75 Å². The third kappa shape index (κ3) is 6.25. The Kier molecular flexibility index (Phi) is 7.60. The number of amides is 2. The van der Waals surface area contributed by atoms with Crippen LogP contribution in [-0.4, -0.2) is 68.1 Å². The van der Waals surface area contributed by atoms with Crippen LogP contribution >= 0.6 is 0 Å². The van der Waals surface area contributed by atoms with Gasteiger partial charge in [-0.3, -0.25) is 15.0 Å². The number of benzene rings is 2. The molecule has 240 valence electrons. The molecule has 1 aliphatic rings. The number of hydrogen-bond acceptors (Lipinski definition) is 10. The average molecular weight is 635 g/mol. The number of piperazine rings is 1. The van der Waals surface area contributed by atoms with Crippen molar-refractivity contribution >= 4 is 51.1 Å². The number of hydrogen-bond donors (Lipinski definition) is 4. The molecular formula is C34H34N8O5. The number of aromatic amines is 1. The highest BCUT2D eigenvalue weighted by Gasteiger charge is 2.24. The standard InChI is InChI=1S/C34H34N8O5/c1-34(2,3)29-18-30(40-47-29)39-33(45)37-21-5-8-27-20(15-21)16-28(46-27)31(44)25-17-22-23(26(43)7-6-24(22)38-25)19-41-11-13-42(14-12-41)32-35-9-4-10-36-32/h4-10,15-18,38,43H,11-14,19H2,1-3H3,(H2,37,39,40,45). The molecule has 0 aliphatic carbocycles. The van der Waals surface area contributed by atoms with Crippen LogP contribution < -0.4 is 15.5 Å². The Morgan fingerprint density at radius 2 is 1.77 bits per heavy atom. The number of H-pyrrole nitrogens is 1. The lowest BCUT2D eigenvalue weighted by atomic mass is 9.93. The summed E-state index contributed by atoms with van der Waals surface area (Å²) >= 11 is 0. The number of furan rings is 1. The quantitative estimate of drug-likeness (QED) is 0.156. The lowest BCUT2D eigenvalue weighted by Crippen LogP contribution is -2.46. The average Bonchev–Trinajstić information content (AvgIpc) is 3.81. The number of carbonyl (C=O) groups is 2. The molecule has 13 nitrogen and oxygen atoms in total. The van der Waals surface area contributed by atoms with Crippen molar-refractivity contribution < 1.29 is 23.6 Å². The van der Waals surface area contributed by atoms with E-state index in [1.807, 2.05) is 20.8 Å². The summed E-state index contributed by atoms with van der Waals surface area (Å²) < 4.78 is 11.2. The molecule has 1 saturated heterocycles. The molecule has 2 amide bonds. The summed E-state index contributed by atoms with van der Waals surface area (Å²) in [6.45, 7) is 9.59. The molecule has 6 aromatic rings. The van der Waals surface area contributed by atoms with Gasteiger partial charge in [0.25, 0.3) is 0 Å². The van der Waals surface area contributed by atoms with Crippen molar-refractivity contribution in [2.45, 2.75) is 32.7 Å². The largest absolute Gasteiger partial charge is 0.508 e. The maximum absolute atomic E-state index is 13.6. The van der Waals surface area contributed by atoms with Gasteiger partial charge in [-0.15, -0.1) is 0 Å². The number of ketones is 1. The van der Waals surface area contributed by atoms with E-state index in [9.17, 15) is 14.7 Å². The van der Waals surface area contributed by atoms with Crippen LogP contribution in [0.15, 0.2) is 75.9 Å². The van der Waals surface area contributed by atoms with Gasteiger partial charge in [-0.2, -0.15) is 0 Å². The fourth-order valence-corrected chi connectivity index (χ4v) is 5.66. The van der Waals surface area contributed by atoms with Crippen LogP contribution in [0.1, 0.15) is 48.3 Å². The van der Waals surface area contributed by atoms with E-state index in [0.717, 1.165) is 42.6 Å². The fourth-order valence-electron chi connectivity index (χ4n) is 5.66. The number of nitrogens with zero attached hydrogens (tertiary/aromatic N) is 5. The fraction of sp³-hybridized carbons (Fsp3) is 0.265.